The summed E-state index contributed by atoms with van der Waals surface area (Å²) in [5, 5.41) is 8.14. The first kappa shape index (κ1) is 18.6. The van der Waals surface area contributed by atoms with Crippen molar-refractivity contribution in [3.8, 4) is 0 Å². The topological polar surface area (TPSA) is 87.3 Å². The SMILES string of the molecule is O=C(CCC1NC(=O)c2ccccc2NC1=O)NCCc1ccc(F)cc1. The monoisotopic (exact) mass is 369 g/mol. The van der Waals surface area contributed by atoms with Gasteiger partial charge < -0.3 is 16.0 Å². The number of hydrogen-bond donors (Lipinski definition) is 3. The Labute approximate surface area is 156 Å². The number of carbonyl (C=O) groups excluding carboxylic acids is 3. The third-order valence-corrected chi connectivity index (χ3v) is 4.36. The smallest absolute Gasteiger partial charge is 0.254 e. The lowest BCUT2D eigenvalue weighted by Gasteiger charge is -2.14. The van der Waals surface area contributed by atoms with Crippen molar-refractivity contribution in [3.63, 3.8) is 0 Å². The van der Waals surface area contributed by atoms with Gasteiger partial charge in [-0.15, -0.1) is 0 Å². The highest BCUT2D eigenvalue weighted by atomic mass is 19.1. The van der Waals surface area contributed by atoms with E-state index in [2.05, 4.69) is 16.0 Å². The van der Waals surface area contributed by atoms with Crippen LogP contribution in [-0.2, 0) is 16.0 Å². The maximum atomic E-state index is 12.9. The van der Waals surface area contributed by atoms with Gasteiger partial charge in [0.05, 0.1) is 11.3 Å². The Hall–Kier alpha value is -3.22. The van der Waals surface area contributed by atoms with Gasteiger partial charge in [-0.2, -0.15) is 0 Å². The number of rotatable bonds is 6. The molecular formula is C20H20FN3O3. The largest absolute Gasteiger partial charge is 0.356 e. The summed E-state index contributed by atoms with van der Waals surface area (Å²) < 4.78 is 12.9. The van der Waals surface area contributed by atoms with E-state index in [0.717, 1.165) is 5.56 Å². The van der Waals surface area contributed by atoms with Crippen molar-refractivity contribution in [2.75, 3.05) is 11.9 Å². The van der Waals surface area contributed by atoms with E-state index >= 15 is 0 Å². The number of carbonyl (C=O) groups is 3. The standard InChI is InChI=1S/C20H20FN3O3/c21-14-7-5-13(6-8-14)11-12-22-18(25)10-9-17-20(27)23-16-4-2-1-3-15(16)19(26)24-17/h1-8,17H,9-12H2,(H,22,25)(H,23,27)(H,24,26). The Morgan fingerprint density at radius 3 is 2.59 bits per heavy atom. The highest BCUT2D eigenvalue weighted by molar-refractivity contribution is 6.09. The van der Waals surface area contributed by atoms with Crippen LogP contribution in [0.5, 0.6) is 0 Å². The molecule has 3 rings (SSSR count). The summed E-state index contributed by atoms with van der Waals surface area (Å²) in [6.07, 6.45) is 0.897. The molecule has 3 N–H and O–H groups in total. The van der Waals surface area contributed by atoms with Crippen LogP contribution < -0.4 is 16.0 Å². The average molecular weight is 369 g/mol. The Bertz CT molecular complexity index is 852. The first-order valence-corrected chi connectivity index (χ1v) is 8.75. The third kappa shape index (κ3) is 4.91. The van der Waals surface area contributed by atoms with Gasteiger partial charge in [0, 0.05) is 13.0 Å². The minimum atomic E-state index is -0.771. The van der Waals surface area contributed by atoms with Crippen LogP contribution in [0, 0.1) is 5.82 Å². The number of nitrogens with one attached hydrogen (secondary N) is 3. The fraction of sp³-hybridized carbons (Fsp3) is 0.250. The second kappa shape index (κ2) is 8.44. The molecule has 0 aromatic heterocycles. The van der Waals surface area contributed by atoms with Crippen molar-refractivity contribution in [1.82, 2.24) is 10.6 Å². The van der Waals surface area contributed by atoms with Crippen molar-refractivity contribution < 1.29 is 18.8 Å². The number of fused-ring (bicyclic) bond motifs is 1. The van der Waals surface area contributed by atoms with Crippen LogP contribution in [0.15, 0.2) is 48.5 Å². The second-order valence-corrected chi connectivity index (χ2v) is 6.33. The predicted molar refractivity (Wildman–Crippen MR) is 98.7 cm³/mol. The number of anilines is 1. The number of hydrogen-bond acceptors (Lipinski definition) is 3. The van der Waals surface area contributed by atoms with E-state index in [1.807, 2.05) is 0 Å². The molecule has 7 heteroatoms. The molecule has 1 atom stereocenters. The van der Waals surface area contributed by atoms with Gasteiger partial charge in [-0.1, -0.05) is 24.3 Å². The number of benzene rings is 2. The molecule has 0 aliphatic carbocycles. The normalized spacial score (nSPS) is 16.0. The molecule has 1 heterocycles. The Balaban J connectivity index is 1.46. The molecule has 0 saturated heterocycles. The van der Waals surface area contributed by atoms with Gasteiger partial charge in [-0.3, -0.25) is 14.4 Å². The van der Waals surface area contributed by atoms with Crippen LogP contribution in [0.25, 0.3) is 0 Å². The lowest BCUT2D eigenvalue weighted by Crippen LogP contribution is -2.42. The van der Waals surface area contributed by atoms with Gasteiger partial charge in [0.15, 0.2) is 0 Å². The van der Waals surface area contributed by atoms with Gasteiger partial charge in [-0.05, 0) is 42.7 Å². The van der Waals surface area contributed by atoms with Crippen LogP contribution in [0.2, 0.25) is 0 Å². The first-order chi connectivity index (χ1) is 13.0. The van der Waals surface area contributed by atoms with Crippen molar-refractivity contribution in [1.29, 1.82) is 0 Å². The van der Waals surface area contributed by atoms with Crippen molar-refractivity contribution in [3.05, 3.63) is 65.5 Å². The summed E-state index contributed by atoms with van der Waals surface area (Å²) >= 11 is 0. The maximum absolute atomic E-state index is 12.9. The molecule has 0 fully saturated rings. The molecule has 0 spiro atoms. The van der Waals surface area contributed by atoms with Gasteiger partial charge in [-0.25, -0.2) is 4.39 Å². The minimum absolute atomic E-state index is 0.109. The van der Waals surface area contributed by atoms with Crippen LogP contribution in [-0.4, -0.2) is 30.3 Å². The molecule has 3 amide bonds. The van der Waals surface area contributed by atoms with E-state index in [1.165, 1.54) is 12.1 Å². The Morgan fingerprint density at radius 1 is 1.07 bits per heavy atom. The molecule has 1 unspecified atom stereocenters. The Kier molecular flexibility index (Phi) is 5.80. The van der Waals surface area contributed by atoms with E-state index in [-0.39, 0.29) is 36.4 Å². The molecule has 2 aromatic rings. The summed E-state index contributed by atoms with van der Waals surface area (Å²) in [7, 11) is 0. The summed E-state index contributed by atoms with van der Waals surface area (Å²) in [6, 6.07) is 12.1. The molecule has 1 aliphatic rings. The summed E-state index contributed by atoms with van der Waals surface area (Å²) in [5.41, 5.74) is 1.79. The predicted octanol–water partition coefficient (Wildman–Crippen LogP) is 2.02. The van der Waals surface area contributed by atoms with Crippen molar-refractivity contribution in [2.24, 2.45) is 0 Å². The number of halogens is 1. The number of para-hydroxylation sites is 1. The quantitative estimate of drug-likeness (QED) is 0.728. The average Bonchev–Trinajstić information content (AvgIpc) is 2.78. The summed E-state index contributed by atoms with van der Waals surface area (Å²) in [4.78, 5) is 36.5. The van der Waals surface area contributed by atoms with Gasteiger partial charge >= 0.3 is 0 Å². The highest BCUT2D eigenvalue weighted by Gasteiger charge is 2.27. The fourth-order valence-corrected chi connectivity index (χ4v) is 2.88. The summed E-state index contributed by atoms with van der Waals surface area (Å²) in [5.74, 6) is -1.19. The van der Waals surface area contributed by atoms with E-state index in [4.69, 9.17) is 0 Å². The molecule has 140 valence electrons. The van der Waals surface area contributed by atoms with E-state index in [0.29, 0.717) is 24.2 Å². The molecular weight excluding hydrogens is 349 g/mol. The van der Waals surface area contributed by atoms with Crippen LogP contribution in [0.3, 0.4) is 0 Å². The zero-order chi connectivity index (χ0) is 19.2. The molecule has 6 nitrogen and oxygen atoms in total. The van der Waals surface area contributed by atoms with Crippen LogP contribution >= 0.6 is 0 Å². The maximum Gasteiger partial charge on any atom is 0.254 e. The van der Waals surface area contributed by atoms with E-state index < -0.39 is 6.04 Å². The molecule has 27 heavy (non-hydrogen) atoms. The molecule has 0 saturated carbocycles. The Morgan fingerprint density at radius 2 is 1.81 bits per heavy atom. The molecule has 0 bridgehead atoms. The minimum Gasteiger partial charge on any atom is -0.356 e. The van der Waals surface area contributed by atoms with Gasteiger partial charge in [0.2, 0.25) is 11.8 Å². The van der Waals surface area contributed by atoms with Crippen molar-refractivity contribution in [2.45, 2.75) is 25.3 Å². The zero-order valence-corrected chi connectivity index (χ0v) is 14.6. The zero-order valence-electron chi connectivity index (χ0n) is 14.6. The van der Waals surface area contributed by atoms with E-state index in [1.54, 1.807) is 36.4 Å². The molecule has 1 aliphatic heterocycles. The highest BCUT2D eigenvalue weighted by Crippen LogP contribution is 2.19. The lowest BCUT2D eigenvalue weighted by atomic mass is 10.1. The van der Waals surface area contributed by atoms with Crippen molar-refractivity contribution >= 4 is 23.4 Å². The third-order valence-electron chi connectivity index (χ3n) is 4.36. The molecule has 2 aromatic carbocycles. The fourth-order valence-electron chi connectivity index (χ4n) is 2.88. The van der Waals surface area contributed by atoms with E-state index in [9.17, 15) is 18.8 Å². The lowest BCUT2D eigenvalue weighted by molar-refractivity contribution is -0.121. The van der Waals surface area contributed by atoms with Crippen LogP contribution in [0.1, 0.15) is 28.8 Å². The molecule has 0 radical (unpaired) electrons. The van der Waals surface area contributed by atoms with Gasteiger partial charge in [0.1, 0.15) is 11.9 Å². The first-order valence-electron chi connectivity index (χ1n) is 8.75. The number of amides is 3. The summed E-state index contributed by atoms with van der Waals surface area (Å²) in [6.45, 7) is 0.416. The van der Waals surface area contributed by atoms with Gasteiger partial charge in [0.25, 0.3) is 5.91 Å². The second-order valence-electron chi connectivity index (χ2n) is 6.33. The van der Waals surface area contributed by atoms with Crippen LogP contribution in [0.4, 0.5) is 10.1 Å².